The monoisotopic (exact) mass is 965 g/mol. The van der Waals surface area contributed by atoms with Crippen LogP contribution in [0.5, 0.6) is 0 Å². The Hall–Kier alpha value is -6.56. The molecule has 0 spiro atoms. The number of likely N-dealkylation sites (tertiary alicyclic amines) is 2. The lowest BCUT2D eigenvalue weighted by Crippen LogP contribution is -2.51. The fraction of sp³-hybridized carbons (Fsp3) is 0.481. The summed E-state index contributed by atoms with van der Waals surface area (Å²) >= 11 is 0. The Morgan fingerprint density at radius 2 is 1.46 bits per heavy atom. The van der Waals surface area contributed by atoms with E-state index in [1.807, 2.05) is 78.6 Å². The molecule has 3 N–H and O–H groups in total. The number of hydrogen-bond acceptors (Lipinski definition) is 12. The van der Waals surface area contributed by atoms with Crippen molar-refractivity contribution in [3.8, 4) is 11.1 Å². The molecular weight excluding hydrogens is 897 g/mol. The maximum atomic E-state index is 14.2. The number of carbonyl (C=O) groups is 4. The molecule has 0 radical (unpaired) electrons. The van der Waals surface area contributed by atoms with Gasteiger partial charge < -0.3 is 35.2 Å². The number of carbonyl (C=O) groups excluding carboxylic acids is 4. The van der Waals surface area contributed by atoms with Crippen LogP contribution in [-0.2, 0) is 29.0 Å². The molecule has 0 aliphatic carbocycles. The van der Waals surface area contributed by atoms with Crippen molar-refractivity contribution in [3.63, 3.8) is 0 Å². The third kappa shape index (κ3) is 12.1. The Bertz CT molecular complexity index is 2760. The Morgan fingerprint density at radius 3 is 2.20 bits per heavy atom. The predicted octanol–water partition coefficient (Wildman–Crippen LogP) is 4.53. The molecular formula is C54H68N12O5. The van der Waals surface area contributed by atoms with E-state index in [2.05, 4.69) is 64.3 Å². The van der Waals surface area contributed by atoms with Crippen LogP contribution in [0.3, 0.4) is 0 Å². The lowest BCUT2D eigenvalue weighted by atomic mass is 9.95. The van der Waals surface area contributed by atoms with Crippen molar-refractivity contribution in [1.29, 1.82) is 0 Å². The summed E-state index contributed by atoms with van der Waals surface area (Å²) < 4.78 is 0. The molecule has 0 bridgehead atoms. The van der Waals surface area contributed by atoms with Crippen LogP contribution in [0.2, 0.25) is 0 Å². The van der Waals surface area contributed by atoms with E-state index in [0.29, 0.717) is 69.4 Å². The van der Waals surface area contributed by atoms with E-state index in [1.165, 1.54) is 5.56 Å². The first-order chi connectivity index (χ1) is 34.5. The van der Waals surface area contributed by atoms with Crippen LogP contribution in [0.25, 0.3) is 22.2 Å². The molecule has 9 rings (SSSR count). The van der Waals surface area contributed by atoms with Gasteiger partial charge >= 0.3 is 0 Å². The van der Waals surface area contributed by atoms with Gasteiger partial charge in [-0.1, -0.05) is 38.1 Å². The maximum Gasteiger partial charge on any atom is 0.274 e. The molecule has 17 nitrogen and oxygen atoms in total. The Labute approximate surface area is 416 Å². The molecule has 71 heavy (non-hydrogen) atoms. The van der Waals surface area contributed by atoms with Gasteiger partial charge in [0, 0.05) is 122 Å². The smallest absolute Gasteiger partial charge is 0.274 e. The van der Waals surface area contributed by atoms with E-state index in [1.54, 1.807) is 11.1 Å². The zero-order valence-corrected chi connectivity index (χ0v) is 41.5. The third-order valence-electron chi connectivity index (χ3n) is 14.9. The van der Waals surface area contributed by atoms with E-state index in [-0.39, 0.29) is 47.3 Å². The second kappa shape index (κ2) is 22.7. The fourth-order valence-electron chi connectivity index (χ4n) is 10.4. The summed E-state index contributed by atoms with van der Waals surface area (Å²) in [4.78, 5) is 95.2. The average molecular weight is 965 g/mol. The van der Waals surface area contributed by atoms with Crippen molar-refractivity contribution in [2.45, 2.75) is 58.9 Å². The number of aromatic amines is 1. The normalized spacial score (nSPS) is 18.6. The number of hydrogen-bond donors (Lipinski definition) is 3. The number of benzene rings is 1. The van der Waals surface area contributed by atoms with Gasteiger partial charge in [0.2, 0.25) is 11.8 Å². The summed E-state index contributed by atoms with van der Waals surface area (Å²) in [6, 6.07) is 17.8. The van der Waals surface area contributed by atoms with Gasteiger partial charge in [-0.25, -0.2) is 9.97 Å². The Kier molecular flexibility index (Phi) is 15.8. The van der Waals surface area contributed by atoms with Crippen molar-refractivity contribution in [1.82, 2.24) is 49.8 Å². The van der Waals surface area contributed by atoms with Crippen molar-refractivity contribution in [3.05, 3.63) is 112 Å². The minimum Gasteiger partial charge on any atom is -0.368 e. The van der Waals surface area contributed by atoms with E-state index >= 15 is 0 Å². The topological polar surface area (TPSA) is 183 Å². The summed E-state index contributed by atoms with van der Waals surface area (Å²) in [7, 11) is 1.82. The summed E-state index contributed by atoms with van der Waals surface area (Å²) in [6.07, 6.45) is 10.1. The summed E-state index contributed by atoms with van der Waals surface area (Å²) in [5.74, 6) is 0.218. The predicted molar refractivity (Wildman–Crippen MR) is 275 cm³/mol. The van der Waals surface area contributed by atoms with E-state index in [9.17, 15) is 24.0 Å². The molecule has 4 saturated heterocycles. The van der Waals surface area contributed by atoms with Crippen molar-refractivity contribution in [2.75, 3.05) is 109 Å². The number of anilines is 2. The molecule has 374 valence electrons. The largest absolute Gasteiger partial charge is 0.368 e. The number of aryl methyl sites for hydroxylation is 2. The molecule has 4 amide bonds. The zero-order valence-electron chi connectivity index (χ0n) is 41.5. The highest BCUT2D eigenvalue weighted by Crippen LogP contribution is 2.28. The van der Waals surface area contributed by atoms with Crippen molar-refractivity contribution < 1.29 is 19.2 Å². The average Bonchev–Trinajstić information content (AvgIpc) is 3.40. The van der Waals surface area contributed by atoms with Crippen LogP contribution in [-0.4, -0.2) is 167 Å². The third-order valence-corrected chi connectivity index (χ3v) is 14.9. The number of pyridine rings is 4. The highest BCUT2D eigenvalue weighted by atomic mass is 16.2. The van der Waals surface area contributed by atoms with Crippen LogP contribution in [0.1, 0.15) is 77.2 Å². The summed E-state index contributed by atoms with van der Waals surface area (Å²) in [5, 5.41) is 6.23. The number of aromatic nitrogens is 4. The van der Waals surface area contributed by atoms with Gasteiger partial charge in [0.05, 0.1) is 35.1 Å². The first kappa shape index (κ1) is 49.4. The van der Waals surface area contributed by atoms with Gasteiger partial charge in [0.1, 0.15) is 5.69 Å². The lowest BCUT2D eigenvalue weighted by molar-refractivity contribution is -0.133. The van der Waals surface area contributed by atoms with E-state index in [0.717, 1.165) is 117 Å². The molecule has 1 aromatic carbocycles. The minimum absolute atomic E-state index is 0.0441. The van der Waals surface area contributed by atoms with Crippen LogP contribution < -0.4 is 21.1 Å². The van der Waals surface area contributed by atoms with Gasteiger partial charge in [0.15, 0.2) is 5.69 Å². The number of H-pyrrole nitrogens is 1. The highest BCUT2D eigenvalue weighted by molar-refractivity contribution is 6.03. The molecule has 5 aromatic rings. The first-order valence-corrected chi connectivity index (χ1v) is 25.6. The molecule has 1 unspecified atom stereocenters. The molecule has 4 fully saturated rings. The van der Waals surface area contributed by atoms with Crippen LogP contribution in [0.4, 0.5) is 11.4 Å². The fourth-order valence-corrected chi connectivity index (χ4v) is 10.4. The molecule has 4 aliphatic rings. The Morgan fingerprint density at radius 1 is 0.704 bits per heavy atom. The van der Waals surface area contributed by atoms with Gasteiger partial charge in [-0.2, -0.15) is 0 Å². The molecule has 1 atom stereocenters. The van der Waals surface area contributed by atoms with Gasteiger partial charge in [0.25, 0.3) is 17.4 Å². The van der Waals surface area contributed by atoms with Crippen molar-refractivity contribution in [2.24, 2.45) is 11.8 Å². The van der Waals surface area contributed by atoms with Gasteiger partial charge in [-0.05, 0) is 97.5 Å². The zero-order chi connectivity index (χ0) is 49.4. The standard InChI is InChI=1S/C54H68N12O5/c1-4-37-7-6-8-42(25-37)43-29-48(59-49(67)34-55-30-39-11-14-61(3)50(68)27-39)51(58-32-43)54(71)65-15-12-38(13-16-65)35-62-19-23-66(24-20-62)53(70)45-10-9-44(33-57-45)64-21-17-63(18-22-64)36-40-26-47-46(56-31-40)28-41(5-2)52(69)60-47/h6-10,25-26,28-29,31-33,38-39,55H,4-5,11-24,27,30,34-36H2,1-3H3,(H,59,67)(H,60,69). The number of fused-ring (bicyclic) bond motifs is 1. The van der Waals surface area contributed by atoms with Crippen LogP contribution >= 0.6 is 0 Å². The lowest BCUT2D eigenvalue weighted by Gasteiger charge is -2.39. The number of piperidine rings is 2. The highest BCUT2D eigenvalue weighted by Gasteiger charge is 2.31. The summed E-state index contributed by atoms with van der Waals surface area (Å²) in [5.41, 5.74) is 8.40. The van der Waals surface area contributed by atoms with Gasteiger partial charge in [-0.3, -0.25) is 38.8 Å². The molecule has 4 aliphatic heterocycles. The SMILES string of the molecule is CCc1cccc(-c2cnc(C(=O)N3CCC(CN4CCN(C(=O)c5ccc(N6CCN(Cc7cnc8cc(CC)c(=O)[nH]c8c7)CC6)cn5)CC4)CC3)c(NC(=O)CNCC3CCN(C)C(=O)C3)c2)c1. The van der Waals surface area contributed by atoms with Crippen LogP contribution in [0, 0.1) is 11.8 Å². The number of amides is 4. The maximum absolute atomic E-state index is 14.2. The van der Waals surface area contributed by atoms with E-state index < -0.39 is 0 Å². The molecule has 0 saturated carbocycles. The summed E-state index contributed by atoms with van der Waals surface area (Å²) in [6.45, 7) is 14.5. The minimum atomic E-state index is -0.268. The Balaban J connectivity index is 0.723. The quantitative estimate of drug-likeness (QED) is 0.134. The van der Waals surface area contributed by atoms with Crippen LogP contribution in [0.15, 0.2) is 78.0 Å². The van der Waals surface area contributed by atoms with E-state index in [4.69, 9.17) is 0 Å². The molecule has 17 heteroatoms. The van der Waals surface area contributed by atoms with Crippen molar-refractivity contribution >= 4 is 46.0 Å². The number of rotatable bonds is 15. The number of nitrogens with zero attached hydrogens (tertiary/aromatic N) is 9. The second-order valence-electron chi connectivity index (χ2n) is 19.8. The van der Waals surface area contributed by atoms with Gasteiger partial charge in [-0.15, -0.1) is 0 Å². The molecule has 4 aromatic heterocycles. The second-order valence-corrected chi connectivity index (χ2v) is 19.8. The molecule has 8 heterocycles. The number of piperazine rings is 2. The first-order valence-electron chi connectivity index (χ1n) is 25.6. The number of nitrogens with one attached hydrogen (secondary N) is 3.